The maximum Gasteiger partial charge on any atom is 0.263 e. The molecule has 2 fully saturated rings. The minimum atomic E-state index is -2.56. The Balaban J connectivity index is 1.79. The van der Waals surface area contributed by atoms with Crippen molar-refractivity contribution in [3.05, 3.63) is 22.4 Å². The molecule has 1 aliphatic carbocycles. The van der Waals surface area contributed by atoms with Crippen molar-refractivity contribution in [2.24, 2.45) is 11.8 Å². The second-order valence-corrected chi connectivity index (χ2v) is 5.78. The number of carbonyl (C=O) groups is 1. The summed E-state index contributed by atoms with van der Waals surface area (Å²) in [7, 11) is 0. The Morgan fingerprint density at radius 2 is 2.00 bits per heavy atom. The van der Waals surface area contributed by atoms with Gasteiger partial charge in [-0.2, -0.15) is 0 Å². The minimum Gasteiger partial charge on any atom is -0.337 e. The lowest BCUT2D eigenvalue weighted by molar-refractivity contribution is -0.110. The summed E-state index contributed by atoms with van der Waals surface area (Å²) < 4.78 is 27.4. The quantitative estimate of drug-likeness (QED) is 0.757. The maximum atomic E-state index is 13.7. The number of rotatable bonds is 1. The van der Waals surface area contributed by atoms with Gasteiger partial charge < -0.3 is 4.90 Å². The smallest absolute Gasteiger partial charge is 0.263 e. The standard InChI is InChI=1S/C12H13F2NOS/c13-12(14)8-3-4-9(12)7-15(6-8)11(16)10-2-1-5-17-10/h1-2,5,8-9H,3-4,6-7H2. The highest BCUT2D eigenvalue weighted by Crippen LogP contribution is 2.48. The third kappa shape index (κ3) is 1.68. The van der Waals surface area contributed by atoms with Crippen LogP contribution in [0.25, 0.3) is 0 Å². The van der Waals surface area contributed by atoms with Gasteiger partial charge in [0.1, 0.15) is 0 Å². The van der Waals surface area contributed by atoms with Gasteiger partial charge in [0.25, 0.3) is 11.8 Å². The summed E-state index contributed by atoms with van der Waals surface area (Å²) >= 11 is 1.37. The van der Waals surface area contributed by atoms with Gasteiger partial charge in [0.2, 0.25) is 0 Å². The minimum absolute atomic E-state index is 0.0904. The van der Waals surface area contributed by atoms with Gasteiger partial charge in [-0.1, -0.05) is 6.07 Å². The van der Waals surface area contributed by atoms with Gasteiger partial charge >= 0.3 is 0 Å². The number of thiophene rings is 1. The maximum absolute atomic E-state index is 13.7. The number of nitrogens with zero attached hydrogens (tertiary/aromatic N) is 1. The van der Waals surface area contributed by atoms with Crippen LogP contribution >= 0.6 is 11.3 Å². The molecule has 1 aliphatic heterocycles. The van der Waals surface area contributed by atoms with E-state index in [4.69, 9.17) is 0 Å². The van der Waals surface area contributed by atoms with Crippen molar-refractivity contribution in [2.75, 3.05) is 13.1 Å². The molecule has 17 heavy (non-hydrogen) atoms. The molecule has 0 aromatic carbocycles. The van der Waals surface area contributed by atoms with E-state index in [0.717, 1.165) is 0 Å². The molecule has 0 spiro atoms. The van der Waals surface area contributed by atoms with Crippen LogP contribution in [0.3, 0.4) is 0 Å². The van der Waals surface area contributed by atoms with E-state index >= 15 is 0 Å². The number of alkyl halides is 2. The topological polar surface area (TPSA) is 20.3 Å². The normalized spacial score (nSPS) is 30.6. The molecular formula is C12H13F2NOS. The van der Waals surface area contributed by atoms with Gasteiger partial charge in [0.15, 0.2) is 0 Å². The zero-order valence-corrected chi connectivity index (χ0v) is 10.1. The van der Waals surface area contributed by atoms with E-state index in [1.165, 1.54) is 11.3 Å². The number of piperidine rings is 1. The summed E-state index contributed by atoms with van der Waals surface area (Å²) in [5.74, 6) is -3.92. The van der Waals surface area contributed by atoms with Crippen molar-refractivity contribution in [3.8, 4) is 0 Å². The van der Waals surface area contributed by atoms with Gasteiger partial charge in [-0.3, -0.25) is 4.79 Å². The monoisotopic (exact) mass is 257 g/mol. The van der Waals surface area contributed by atoms with Crippen molar-refractivity contribution in [1.82, 2.24) is 4.90 Å². The third-order valence-corrected chi connectivity index (χ3v) is 4.71. The lowest BCUT2D eigenvalue weighted by Gasteiger charge is -2.37. The summed E-state index contributed by atoms with van der Waals surface area (Å²) in [6.45, 7) is 0.417. The SMILES string of the molecule is O=C(c1cccs1)N1CC2CCC(C1)C2(F)F. The van der Waals surface area contributed by atoms with E-state index in [1.807, 2.05) is 11.4 Å². The predicted octanol–water partition coefficient (Wildman–Crippen LogP) is 2.87. The van der Waals surface area contributed by atoms with E-state index < -0.39 is 17.8 Å². The van der Waals surface area contributed by atoms with Crippen molar-refractivity contribution in [2.45, 2.75) is 18.8 Å². The van der Waals surface area contributed by atoms with Gasteiger partial charge in [-0.05, 0) is 24.3 Å². The van der Waals surface area contributed by atoms with Crippen LogP contribution in [0.5, 0.6) is 0 Å². The lowest BCUT2D eigenvalue weighted by Crippen LogP contribution is -2.50. The number of hydrogen-bond acceptors (Lipinski definition) is 2. The molecule has 2 unspecified atom stereocenters. The highest BCUT2D eigenvalue weighted by molar-refractivity contribution is 7.12. The van der Waals surface area contributed by atoms with Crippen LogP contribution in [0.4, 0.5) is 8.78 Å². The molecule has 1 aromatic rings. The van der Waals surface area contributed by atoms with Crippen LogP contribution in [-0.4, -0.2) is 29.8 Å². The van der Waals surface area contributed by atoms with E-state index in [-0.39, 0.29) is 19.0 Å². The molecule has 2 nitrogen and oxygen atoms in total. The fourth-order valence-electron chi connectivity index (χ4n) is 2.88. The Kier molecular flexibility index (Phi) is 2.47. The molecule has 2 aliphatic rings. The molecule has 2 atom stereocenters. The average Bonchev–Trinajstić information content (AvgIpc) is 2.82. The van der Waals surface area contributed by atoms with Gasteiger partial charge in [0, 0.05) is 24.9 Å². The first-order valence-corrected chi connectivity index (χ1v) is 6.67. The number of amides is 1. The summed E-state index contributed by atoms with van der Waals surface area (Å²) in [6, 6.07) is 3.56. The zero-order chi connectivity index (χ0) is 12.0. The van der Waals surface area contributed by atoms with Gasteiger partial charge in [-0.15, -0.1) is 11.3 Å². The van der Waals surface area contributed by atoms with Crippen molar-refractivity contribution < 1.29 is 13.6 Å². The van der Waals surface area contributed by atoms with E-state index in [1.54, 1.807) is 11.0 Å². The molecule has 1 aromatic heterocycles. The molecule has 0 radical (unpaired) electrons. The highest BCUT2D eigenvalue weighted by Gasteiger charge is 2.56. The molecule has 2 bridgehead atoms. The van der Waals surface area contributed by atoms with Crippen molar-refractivity contribution >= 4 is 17.2 Å². The average molecular weight is 257 g/mol. The Morgan fingerprint density at radius 3 is 2.53 bits per heavy atom. The fourth-order valence-corrected chi connectivity index (χ4v) is 3.57. The van der Waals surface area contributed by atoms with Crippen LogP contribution < -0.4 is 0 Å². The van der Waals surface area contributed by atoms with Crippen LogP contribution in [-0.2, 0) is 0 Å². The number of fused-ring (bicyclic) bond motifs is 2. The van der Waals surface area contributed by atoms with Crippen LogP contribution in [0.2, 0.25) is 0 Å². The molecule has 1 saturated heterocycles. The number of halogens is 2. The summed E-state index contributed by atoms with van der Waals surface area (Å²) in [4.78, 5) is 14.3. The van der Waals surface area contributed by atoms with Crippen molar-refractivity contribution in [1.29, 1.82) is 0 Å². The first-order chi connectivity index (χ1) is 8.09. The molecule has 1 amide bonds. The first kappa shape index (κ1) is 11.1. The zero-order valence-electron chi connectivity index (χ0n) is 9.23. The van der Waals surface area contributed by atoms with Crippen LogP contribution in [0.15, 0.2) is 17.5 Å². The second-order valence-electron chi connectivity index (χ2n) is 4.83. The number of likely N-dealkylation sites (tertiary alicyclic amines) is 1. The molecule has 3 rings (SSSR count). The van der Waals surface area contributed by atoms with E-state index in [0.29, 0.717) is 17.7 Å². The molecule has 92 valence electrons. The Labute approximate surface area is 102 Å². The van der Waals surface area contributed by atoms with E-state index in [2.05, 4.69) is 0 Å². The second kappa shape index (κ2) is 3.77. The third-order valence-electron chi connectivity index (χ3n) is 3.85. The van der Waals surface area contributed by atoms with Gasteiger partial charge in [-0.25, -0.2) is 8.78 Å². The fraction of sp³-hybridized carbons (Fsp3) is 0.583. The summed E-state index contributed by atoms with van der Waals surface area (Å²) in [5.41, 5.74) is 0. The highest BCUT2D eigenvalue weighted by atomic mass is 32.1. The first-order valence-electron chi connectivity index (χ1n) is 5.79. The van der Waals surface area contributed by atoms with Crippen molar-refractivity contribution in [3.63, 3.8) is 0 Å². The lowest BCUT2D eigenvalue weighted by atomic mass is 9.93. The molecule has 5 heteroatoms. The number of carbonyl (C=O) groups excluding carboxylic acids is 1. The molecule has 0 N–H and O–H groups in total. The largest absolute Gasteiger partial charge is 0.337 e. The number of hydrogen-bond donors (Lipinski definition) is 0. The van der Waals surface area contributed by atoms with Crippen LogP contribution in [0, 0.1) is 11.8 Å². The van der Waals surface area contributed by atoms with E-state index in [9.17, 15) is 13.6 Å². The molecular weight excluding hydrogens is 244 g/mol. The summed E-state index contributed by atoms with van der Waals surface area (Å²) in [6.07, 6.45) is 1.10. The predicted molar refractivity (Wildman–Crippen MR) is 61.4 cm³/mol. The van der Waals surface area contributed by atoms with Crippen LogP contribution in [0.1, 0.15) is 22.5 Å². The van der Waals surface area contributed by atoms with Gasteiger partial charge in [0.05, 0.1) is 4.88 Å². The Morgan fingerprint density at radius 1 is 1.35 bits per heavy atom. The Bertz CT molecular complexity index is 416. The summed E-state index contributed by atoms with van der Waals surface area (Å²) in [5, 5.41) is 1.83. The Hall–Kier alpha value is -0.970. The molecule has 2 heterocycles. The molecule has 1 saturated carbocycles.